The van der Waals surface area contributed by atoms with E-state index in [0.29, 0.717) is 30.4 Å². The molecule has 6 nitrogen and oxygen atoms in total. The molecule has 1 aromatic heterocycles. The van der Waals surface area contributed by atoms with Gasteiger partial charge in [0.05, 0.1) is 24.8 Å². The molecule has 174 valence electrons. The van der Waals surface area contributed by atoms with Crippen molar-refractivity contribution < 1.29 is 9.47 Å². The molecular formula is C26H31N3O3S. The van der Waals surface area contributed by atoms with Crippen molar-refractivity contribution in [2.45, 2.75) is 46.3 Å². The van der Waals surface area contributed by atoms with Crippen LogP contribution in [-0.4, -0.2) is 40.9 Å². The Morgan fingerprint density at radius 2 is 2.03 bits per heavy atom. The summed E-state index contributed by atoms with van der Waals surface area (Å²) >= 11 is 5.77. The molecule has 3 aromatic rings. The molecular weight excluding hydrogens is 434 g/mol. The Balaban J connectivity index is 1.57. The molecule has 1 fully saturated rings. The lowest BCUT2D eigenvalue weighted by molar-refractivity contribution is 0.0904. The van der Waals surface area contributed by atoms with Gasteiger partial charge in [-0.05, 0) is 92.7 Å². The Kier molecular flexibility index (Phi) is 7.30. The van der Waals surface area contributed by atoms with Crippen LogP contribution in [0.25, 0.3) is 10.9 Å². The SMILES string of the molecule is CCOc1ccc(NC(=S)N(Cc2cc3ccc(C)c(C)c3[nH]c2=O)C[C@H]2CCCO2)cc1. The van der Waals surface area contributed by atoms with E-state index in [-0.39, 0.29) is 11.7 Å². The molecule has 0 radical (unpaired) electrons. The van der Waals surface area contributed by atoms with Crippen LogP contribution in [-0.2, 0) is 11.3 Å². The van der Waals surface area contributed by atoms with Gasteiger partial charge in [0.1, 0.15) is 5.75 Å². The number of pyridine rings is 1. The van der Waals surface area contributed by atoms with Gasteiger partial charge >= 0.3 is 0 Å². The van der Waals surface area contributed by atoms with E-state index in [1.54, 1.807) is 0 Å². The van der Waals surface area contributed by atoms with Crippen LogP contribution in [0.3, 0.4) is 0 Å². The highest BCUT2D eigenvalue weighted by Crippen LogP contribution is 2.21. The maximum Gasteiger partial charge on any atom is 0.253 e. The van der Waals surface area contributed by atoms with Crippen molar-refractivity contribution in [1.29, 1.82) is 0 Å². The Bertz CT molecular complexity index is 1180. The quantitative estimate of drug-likeness (QED) is 0.483. The third-order valence-electron chi connectivity index (χ3n) is 6.14. The second-order valence-corrected chi connectivity index (χ2v) is 8.89. The van der Waals surface area contributed by atoms with Gasteiger partial charge in [-0.3, -0.25) is 4.79 Å². The predicted molar refractivity (Wildman–Crippen MR) is 137 cm³/mol. The molecule has 2 heterocycles. The van der Waals surface area contributed by atoms with Gasteiger partial charge in [-0.25, -0.2) is 0 Å². The molecule has 1 aliphatic heterocycles. The zero-order chi connectivity index (χ0) is 23.4. The summed E-state index contributed by atoms with van der Waals surface area (Å²) in [6.45, 7) is 8.48. The Morgan fingerprint density at radius 3 is 2.73 bits per heavy atom. The van der Waals surface area contributed by atoms with E-state index in [9.17, 15) is 4.79 Å². The summed E-state index contributed by atoms with van der Waals surface area (Å²) in [6, 6.07) is 13.8. The summed E-state index contributed by atoms with van der Waals surface area (Å²) in [5.41, 5.74) is 4.62. The lowest BCUT2D eigenvalue weighted by Gasteiger charge is -2.28. The molecule has 1 aliphatic rings. The summed E-state index contributed by atoms with van der Waals surface area (Å²) in [5, 5.41) is 4.90. The van der Waals surface area contributed by atoms with E-state index in [1.165, 1.54) is 0 Å². The third-order valence-corrected chi connectivity index (χ3v) is 6.50. The third kappa shape index (κ3) is 5.54. The number of aryl methyl sites for hydroxylation is 2. The predicted octanol–water partition coefficient (Wildman–Crippen LogP) is 4.92. The summed E-state index contributed by atoms with van der Waals surface area (Å²) in [4.78, 5) is 18.1. The van der Waals surface area contributed by atoms with Crippen molar-refractivity contribution in [3.63, 3.8) is 0 Å². The molecule has 1 atom stereocenters. The van der Waals surface area contributed by atoms with E-state index in [2.05, 4.69) is 29.4 Å². The van der Waals surface area contributed by atoms with Gasteiger partial charge in [0, 0.05) is 24.4 Å². The zero-order valence-corrected chi connectivity index (χ0v) is 20.3. The fraction of sp³-hybridized carbons (Fsp3) is 0.385. The maximum atomic E-state index is 13.0. The largest absolute Gasteiger partial charge is 0.494 e. The van der Waals surface area contributed by atoms with Gasteiger partial charge in [0.2, 0.25) is 0 Å². The van der Waals surface area contributed by atoms with E-state index < -0.39 is 0 Å². The number of aromatic nitrogens is 1. The van der Waals surface area contributed by atoms with Gasteiger partial charge in [-0.2, -0.15) is 0 Å². The monoisotopic (exact) mass is 465 g/mol. The number of nitrogens with one attached hydrogen (secondary N) is 2. The Labute approximate surface area is 199 Å². The van der Waals surface area contributed by atoms with Crippen molar-refractivity contribution in [2.75, 3.05) is 25.1 Å². The van der Waals surface area contributed by atoms with Gasteiger partial charge in [-0.1, -0.05) is 12.1 Å². The first-order chi connectivity index (χ1) is 15.9. The first kappa shape index (κ1) is 23.3. The number of ether oxygens (including phenoxy) is 2. The number of thiocarbonyl (C=S) groups is 1. The fourth-order valence-electron chi connectivity index (χ4n) is 4.15. The zero-order valence-electron chi connectivity index (χ0n) is 19.4. The highest BCUT2D eigenvalue weighted by molar-refractivity contribution is 7.80. The highest BCUT2D eigenvalue weighted by atomic mass is 32.1. The minimum atomic E-state index is -0.0857. The molecule has 1 saturated heterocycles. The average molecular weight is 466 g/mol. The van der Waals surface area contributed by atoms with Crippen molar-refractivity contribution in [2.24, 2.45) is 0 Å². The molecule has 0 aliphatic carbocycles. The van der Waals surface area contributed by atoms with E-state index >= 15 is 0 Å². The number of aromatic amines is 1. The first-order valence-electron chi connectivity index (χ1n) is 11.5. The topological polar surface area (TPSA) is 66.6 Å². The normalized spacial score (nSPS) is 15.5. The van der Waals surface area contributed by atoms with Gasteiger partial charge < -0.3 is 24.7 Å². The van der Waals surface area contributed by atoms with Crippen molar-refractivity contribution in [3.8, 4) is 5.75 Å². The van der Waals surface area contributed by atoms with Crippen LogP contribution in [0.4, 0.5) is 5.69 Å². The van der Waals surface area contributed by atoms with Gasteiger partial charge in [0.25, 0.3) is 5.56 Å². The van der Waals surface area contributed by atoms with Crippen LogP contribution >= 0.6 is 12.2 Å². The number of rotatable bonds is 7. The Morgan fingerprint density at radius 1 is 1.24 bits per heavy atom. The van der Waals surface area contributed by atoms with E-state index in [4.69, 9.17) is 21.7 Å². The second kappa shape index (κ2) is 10.4. The minimum Gasteiger partial charge on any atom is -0.494 e. The van der Waals surface area contributed by atoms with Crippen LogP contribution in [0.5, 0.6) is 5.75 Å². The summed E-state index contributed by atoms with van der Waals surface area (Å²) in [5.74, 6) is 0.818. The molecule has 2 aromatic carbocycles. The van der Waals surface area contributed by atoms with Crippen LogP contribution in [0.15, 0.2) is 47.3 Å². The molecule has 7 heteroatoms. The second-order valence-electron chi connectivity index (χ2n) is 8.50. The van der Waals surface area contributed by atoms with Crippen LogP contribution < -0.4 is 15.6 Å². The van der Waals surface area contributed by atoms with Crippen molar-refractivity contribution >= 4 is 33.9 Å². The van der Waals surface area contributed by atoms with Crippen molar-refractivity contribution in [3.05, 3.63) is 69.5 Å². The van der Waals surface area contributed by atoms with Gasteiger partial charge in [0.15, 0.2) is 5.11 Å². The minimum absolute atomic E-state index is 0.0857. The first-order valence-corrected chi connectivity index (χ1v) is 11.9. The van der Waals surface area contributed by atoms with Gasteiger partial charge in [-0.15, -0.1) is 0 Å². The van der Waals surface area contributed by atoms with Crippen molar-refractivity contribution in [1.82, 2.24) is 9.88 Å². The lowest BCUT2D eigenvalue weighted by Crippen LogP contribution is -2.40. The molecule has 4 rings (SSSR count). The molecule has 2 N–H and O–H groups in total. The molecule has 0 amide bonds. The molecule has 0 saturated carbocycles. The molecule has 0 bridgehead atoms. The number of nitrogens with zero attached hydrogens (tertiary/aromatic N) is 1. The van der Waals surface area contributed by atoms with Crippen LogP contribution in [0.1, 0.15) is 36.5 Å². The number of benzene rings is 2. The standard InChI is InChI=1S/C26H31N3O3S/c1-4-31-22-11-9-21(10-12-22)27-26(33)29(16-23-6-5-13-32-23)15-20-14-19-8-7-17(2)18(3)24(19)28-25(20)30/h7-12,14,23H,4-6,13,15-16H2,1-3H3,(H,27,33)(H,28,30)/t23-/m1/s1. The molecule has 0 spiro atoms. The van der Waals surface area contributed by atoms with Crippen LogP contribution in [0, 0.1) is 13.8 Å². The van der Waals surface area contributed by atoms with Crippen LogP contribution in [0.2, 0.25) is 0 Å². The van der Waals surface area contributed by atoms with E-state index in [1.807, 2.05) is 49.1 Å². The smallest absolute Gasteiger partial charge is 0.253 e. The van der Waals surface area contributed by atoms with E-state index in [0.717, 1.165) is 52.9 Å². The molecule has 0 unspecified atom stereocenters. The lowest BCUT2D eigenvalue weighted by atomic mass is 10.0. The average Bonchev–Trinajstić information content (AvgIpc) is 3.32. The maximum absolute atomic E-state index is 13.0. The number of hydrogen-bond acceptors (Lipinski definition) is 4. The summed E-state index contributed by atoms with van der Waals surface area (Å²) < 4.78 is 11.4. The number of H-pyrrole nitrogens is 1. The summed E-state index contributed by atoms with van der Waals surface area (Å²) in [6.07, 6.45) is 2.15. The number of hydrogen-bond donors (Lipinski definition) is 2. The fourth-order valence-corrected chi connectivity index (χ4v) is 4.41. The summed E-state index contributed by atoms with van der Waals surface area (Å²) in [7, 11) is 0. The Hall–Kier alpha value is -2.90. The molecule has 33 heavy (non-hydrogen) atoms. The number of fused-ring (bicyclic) bond motifs is 1. The highest BCUT2D eigenvalue weighted by Gasteiger charge is 2.22. The number of anilines is 1.